The normalized spacial score (nSPS) is 13.3. The average Bonchev–Trinajstić information content (AvgIpc) is 2.79. The molecule has 0 aliphatic heterocycles. The van der Waals surface area contributed by atoms with E-state index in [9.17, 15) is 13.2 Å². The molecule has 0 saturated heterocycles. The minimum Gasteiger partial charge on any atom is -1.00 e. The number of nitrogens with zero attached hydrogens (tertiary/aromatic N) is 3. The second kappa shape index (κ2) is 7.74. The molecule has 1 heterocycles. The minimum atomic E-state index is -3.76. The second-order valence-electron chi connectivity index (χ2n) is 5.47. The summed E-state index contributed by atoms with van der Waals surface area (Å²) >= 11 is 0. The standard InChI is InChI=1S/C11H21N4O4S.ClH/c1-15(2,3)8-10(7-11(16)19-4)13-20(17,18)14-6-5-12-9-14;/h5-6,9-10,13H,7-8H2,1-4H3;1H/q+1;/p-1/t10-;/m1./s1. The lowest BCUT2D eigenvalue weighted by Gasteiger charge is -2.29. The first-order chi connectivity index (χ1) is 9.14. The van der Waals surface area contributed by atoms with Gasteiger partial charge in [0, 0.05) is 12.4 Å². The van der Waals surface area contributed by atoms with E-state index in [-0.39, 0.29) is 18.8 Å². The Morgan fingerprint density at radius 3 is 2.48 bits per heavy atom. The first kappa shape index (κ1) is 19.8. The highest BCUT2D eigenvalue weighted by Gasteiger charge is 2.26. The molecular weight excluding hydrogens is 320 g/mol. The van der Waals surface area contributed by atoms with Crippen LogP contribution in [-0.4, -0.2) is 68.7 Å². The molecule has 1 aromatic heterocycles. The van der Waals surface area contributed by atoms with Crippen molar-refractivity contribution < 1.29 is 34.8 Å². The number of likely N-dealkylation sites (N-methyl/N-ethyl adjacent to an activating group) is 1. The number of halogens is 1. The monoisotopic (exact) mass is 340 g/mol. The summed E-state index contributed by atoms with van der Waals surface area (Å²) in [5, 5.41) is 0. The van der Waals surface area contributed by atoms with Crippen LogP contribution in [0.25, 0.3) is 0 Å². The predicted octanol–water partition coefficient (Wildman–Crippen LogP) is -3.79. The van der Waals surface area contributed by atoms with Gasteiger partial charge >= 0.3 is 16.2 Å². The molecule has 0 aliphatic rings. The maximum absolute atomic E-state index is 12.1. The number of methoxy groups -OCH3 is 1. The predicted molar refractivity (Wildman–Crippen MR) is 73.0 cm³/mol. The van der Waals surface area contributed by atoms with Gasteiger partial charge in [-0.2, -0.15) is 13.1 Å². The molecule has 0 fully saturated rings. The molecule has 8 nitrogen and oxygen atoms in total. The number of nitrogens with one attached hydrogen (secondary N) is 1. The van der Waals surface area contributed by atoms with Crippen molar-refractivity contribution in [2.24, 2.45) is 0 Å². The van der Waals surface area contributed by atoms with Crippen molar-refractivity contribution in [3.05, 3.63) is 18.7 Å². The lowest BCUT2D eigenvalue weighted by molar-refractivity contribution is -0.871. The Bertz CT molecular complexity index is 539. The van der Waals surface area contributed by atoms with Gasteiger partial charge in [0.15, 0.2) is 0 Å². The molecule has 0 radical (unpaired) electrons. The third-order valence-electron chi connectivity index (χ3n) is 2.48. The van der Waals surface area contributed by atoms with E-state index in [1.54, 1.807) is 0 Å². The van der Waals surface area contributed by atoms with E-state index in [4.69, 9.17) is 0 Å². The number of esters is 1. The maximum atomic E-state index is 12.1. The van der Waals surface area contributed by atoms with Crippen LogP contribution < -0.4 is 17.1 Å². The third-order valence-corrected chi connectivity index (χ3v) is 3.88. The number of carbonyl (C=O) groups is 1. The van der Waals surface area contributed by atoms with Crippen LogP contribution in [0.15, 0.2) is 18.7 Å². The topological polar surface area (TPSA) is 90.3 Å². The van der Waals surface area contributed by atoms with Gasteiger partial charge in [0.2, 0.25) is 0 Å². The minimum absolute atomic E-state index is 0. The Kier molecular flexibility index (Phi) is 7.31. The van der Waals surface area contributed by atoms with Crippen LogP contribution in [0.2, 0.25) is 0 Å². The van der Waals surface area contributed by atoms with Gasteiger partial charge in [-0.05, 0) is 0 Å². The lowest BCUT2D eigenvalue weighted by Crippen LogP contribution is -3.00. The quantitative estimate of drug-likeness (QED) is 0.406. The van der Waals surface area contributed by atoms with Crippen molar-refractivity contribution in [2.45, 2.75) is 12.5 Å². The highest BCUT2D eigenvalue weighted by molar-refractivity contribution is 7.87. The largest absolute Gasteiger partial charge is 1.00 e. The number of hydrogen-bond acceptors (Lipinski definition) is 5. The summed E-state index contributed by atoms with van der Waals surface area (Å²) < 4.78 is 32.8. The van der Waals surface area contributed by atoms with Crippen LogP contribution in [0.3, 0.4) is 0 Å². The van der Waals surface area contributed by atoms with E-state index in [0.717, 1.165) is 3.97 Å². The molecule has 0 unspecified atom stereocenters. The SMILES string of the molecule is COC(=O)C[C@H](C[N+](C)(C)C)NS(=O)(=O)n1ccnc1.[Cl-]. The van der Waals surface area contributed by atoms with Crippen LogP contribution in [0.4, 0.5) is 0 Å². The summed E-state index contributed by atoms with van der Waals surface area (Å²) in [5.74, 6) is -0.461. The van der Waals surface area contributed by atoms with Crippen molar-refractivity contribution in [1.82, 2.24) is 13.7 Å². The zero-order chi connectivity index (χ0) is 15.4. The van der Waals surface area contributed by atoms with E-state index in [1.807, 2.05) is 21.1 Å². The zero-order valence-corrected chi connectivity index (χ0v) is 14.1. The summed E-state index contributed by atoms with van der Waals surface area (Å²) in [6, 6.07) is -0.560. The van der Waals surface area contributed by atoms with E-state index in [2.05, 4.69) is 14.4 Å². The van der Waals surface area contributed by atoms with Crippen molar-refractivity contribution in [3.63, 3.8) is 0 Å². The number of quaternary nitrogens is 1. The molecule has 0 saturated carbocycles. The van der Waals surface area contributed by atoms with Gasteiger partial charge in [-0.25, -0.2) is 8.96 Å². The fourth-order valence-corrected chi connectivity index (χ4v) is 2.84. The van der Waals surface area contributed by atoms with E-state index in [0.29, 0.717) is 11.0 Å². The number of aromatic nitrogens is 2. The lowest BCUT2D eigenvalue weighted by atomic mass is 10.2. The van der Waals surface area contributed by atoms with Crippen molar-refractivity contribution in [3.8, 4) is 0 Å². The van der Waals surface area contributed by atoms with Gasteiger partial charge in [0.1, 0.15) is 6.33 Å². The summed E-state index contributed by atoms with van der Waals surface area (Å²) in [5.41, 5.74) is 0. The number of hydrogen-bond donors (Lipinski definition) is 1. The van der Waals surface area contributed by atoms with Crippen molar-refractivity contribution in [1.29, 1.82) is 0 Å². The first-order valence-corrected chi connectivity index (χ1v) is 7.46. The van der Waals surface area contributed by atoms with Gasteiger partial charge in [-0.15, -0.1) is 0 Å². The molecule has 1 rings (SSSR count). The van der Waals surface area contributed by atoms with Crippen LogP contribution in [0, 0.1) is 0 Å². The van der Waals surface area contributed by atoms with E-state index < -0.39 is 22.2 Å². The molecule has 10 heteroatoms. The number of imidazole rings is 1. The molecule has 1 N–H and O–H groups in total. The van der Waals surface area contributed by atoms with Crippen molar-refractivity contribution in [2.75, 3.05) is 34.8 Å². The summed E-state index contributed by atoms with van der Waals surface area (Å²) in [6.07, 6.45) is 3.85. The Hall–Kier alpha value is -1.16. The maximum Gasteiger partial charge on any atom is 0.307 e. The Morgan fingerprint density at radius 2 is 2.05 bits per heavy atom. The Labute approximate surface area is 131 Å². The fraction of sp³-hybridized carbons (Fsp3) is 0.636. The average molecular weight is 341 g/mol. The summed E-state index contributed by atoms with van der Waals surface area (Å²) in [4.78, 5) is 15.1. The van der Waals surface area contributed by atoms with Crippen LogP contribution in [0.1, 0.15) is 6.42 Å². The first-order valence-electron chi connectivity index (χ1n) is 6.02. The number of carbonyl (C=O) groups excluding carboxylic acids is 1. The van der Waals surface area contributed by atoms with Crippen molar-refractivity contribution >= 4 is 16.2 Å². The number of ether oxygens (including phenoxy) is 1. The van der Waals surface area contributed by atoms with E-state index in [1.165, 1.54) is 25.8 Å². The van der Waals surface area contributed by atoms with Crippen LogP contribution >= 0.6 is 0 Å². The van der Waals surface area contributed by atoms with Gasteiger partial charge in [-0.3, -0.25) is 4.79 Å². The zero-order valence-electron chi connectivity index (χ0n) is 12.5. The third kappa shape index (κ3) is 6.89. The molecule has 0 amide bonds. The highest BCUT2D eigenvalue weighted by atomic mass is 35.5. The molecule has 1 atom stereocenters. The molecule has 0 bridgehead atoms. The highest BCUT2D eigenvalue weighted by Crippen LogP contribution is 2.04. The fourth-order valence-electron chi connectivity index (χ4n) is 1.75. The molecule has 0 aromatic carbocycles. The second-order valence-corrected chi connectivity index (χ2v) is 7.07. The number of rotatable bonds is 7. The van der Waals surface area contributed by atoms with Gasteiger partial charge in [0.05, 0.1) is 47.3 Å². The molecule has 0 aliphatic carbocycles. The van der Waals surface area contributed by atoms with Crippen LogP contribution in [-0.2, 0) is 19.7 Å². The molecule has 1 aromatic rings. The van der Waals surface area contributed by atoms with Gasteiger partial charge < -0.3 is 21.6 Å². The summed E-state index contributed by atoms with van der Waals surface area (Å²) in [6.45, 7) is 0.447. The van der Waals surface area contributed by atoms with Crippen LogP contribution in [0.5, 0.6) is 0 Å². The Balaban J connectivity index is 0.00000400. The summed E-state index contributed by atoms with van der Waals surface area (Å²) in [7, 11) is 3.26. The molecule has 122 valence electrons. The molecule has 21 heavy (non-hydrogen) atoms. The van der Waals surface area contributed by atoms with E-state index >= 15 is 0 Å². The van der Waals surface area contributed by atoms with Gasteiger partial charge in [0.25, 0.3) is 0 Å². The molecular formula is C11H21ClN4O4S. The Morgan fingerprint density at radius 1 is 1.43 bits per heavy atom. The smallest absolute Gasteiger partial charge is 0.307 e. The molecule has 0 spiro atoms. The van der Waals surface area contributed by atoms with Gasteiger partial charge in [-0.1, -0.05) is 0 Å².